The van der Waals surface area contributed by atoms with Crippen LogP contribution in [0.5, 0.6) is 0 Å². The number of aromatic amines is 1. The zero-order chi connectivity index (χ0) is 9.42. The first kappa shape index (κ1) is 8.04. The van der Waals surface area contributed by atoms with E-state index in [0.717, 1.165) is 5.52 Å². The quantitative estimate of drug-likeness (QED) is 0.709. The molecule has 0 radical (unpaired) electrons. The summed E-state index contributed by atoms with van der Waals surface area (Å²) in [4.78, 5) is 11.3. The number of hydrogen-bond acceptors (Lipinski definition) is 1. The van der Waals surface area contributed by atoms with E-state index in [1.165, 1.54) is 12.1 Å². The molecule has 0 aliphatic carbocycles. The van der Waals surface area contributed by atoms with Crippen molar-refractivity contribution in [1.29, 1.82) is 0 Å². The summed E-state index contributed by atoms with van der Waals surface area (Å²) in [6, 6.07) is 4.20. The number of halogens is 1. The first-order valence-corrected chi connectivity index (χ1v) is 4.10. The van der Waals surface area contributed by atoms with Gasteiger partial charge in [-0.1, -0.05) is 0 Å². The molecule has 0 atom stereocenters. The molecule has 0 bridgehead atoms. The van der Waals surface area contributed by atoms with Crippen LogP contribution in [0.4, 0.5) is 4.39 Å². The van der Waals surface area contributed by atoms with Crippen LogP contribution in [0.15, 0.2) is 23.0 Å². The van der Waals surface area contributed by atoms with Crippen LogP contribution in [0.3, 0.4) is 0 Å². The number of hydrogen-bond donors (Lipinski definition) is 1. The molecule has 0 spiro atoms. The van der Waals surface area contributed by atoms with Crippen molar-refractivity contribution in [1.82, 2.24) is 9.78 Å². The lowest BCUT2D eigenvalue weighted by Crippen LogP contribution is -2.03. The molecule has 68 valence electrons. The Kier molecular flexibility index (Phi) is 1.69. The van der Waals surface area contributed by atoms with Gasteiger partial charge in [0.1, 0.15) is 5.82 Å². The van der Waals surface area contributed by atoms with Gasteiger partial charge in [0.25, 0.3) is 5.56 Å². The lowest BCUT2D eigenvalue weighted by Gasteiger charge is -1.97. The molecule has 1 N–H and O–H groups in total. The molecular weight excluding hydrogens is 171 g/mol. The predicted molar refractivity (Wildman–Crippen MR) is 48.2 cm³/mol. The number of nitrogens with one attached hydrogen (secondary N) is 1. The van der Waals surface area contributed by atoms with Crippen LogP contribution in [0, 0.1) is 5.82 Å². The van der Waals surface area contributed by atoms with E-state index >= 15 is 0 Å². The van der Waals surface area contributed by atoms with Crippen molar-refractivity contribution in [2.45, 2.75) is 13.5 Å². The van der Waals surface area contributed by atoms with Crippen LogP contribution < -0.4 is 5.56 Å². The fraction of sp³-hybridized carbons (Fsp3) is 0.222. The molecule has 4 heteroatoms. The van der Waals surface area contributed by atoms with Crippen LogP contribution >= 0.6 is 0 Å². The van der Waals surface area contributed by atoms with Crippen molar-refractivity contribution in [3.05, 3.63) is 34.4 Å². The Balaban J connectivity index is 2.88. The second kappa shape index (κ2) is 2.73. The minimum atomic E-state index is -0.383. The van der Waals surface area contributed by atoms with Gasteiger partial charge in [-0.25, -0.2) is 4.39 Å². The number of nitrogens with zero attached hydrogens (tertiary/aromatic N) is 1. The van der Waals surface area contributed by atoms with E-state index < -0.39 is 0 Å². The maximum atomic E-state index is 12.8. The summed E-state index contributed by atoms with van der Waals surface area (Å²) in [5.41, 5.74) is 0.505. The Morgan fingerprint density at radius 1 is 1.54 bits per heavy atom. The normalized spacial score (nSPS) is 10.9. The minimum Gasteiger partial charge on any atom is -0.285 e. The zero-order valence-corrected chi connectivity index (χ0v) is 7.17. The number of rotatable bonds is 1. The van der Waals surface area contributed by atoms with E-state index in [2.05, 4.69) is 5.10 Å². The summed E-state index contributed by atoms with van der Waals surface area (Å²) in [5.74, 6) is -0.383. The molecule has 2 aromatic rings. The molecule has 0 saturated heterocycles. The molecule has 1 heterocycles. The van der Waals surface area contributed by atoms with E-state index in [1.54, 1.807) is 10.7 Å². The second-order valence-corrected chi connectivity index (χ2v) is 2.85. The molecule has 0 aliphatic rings. The molecule has 0 amide bonds. The van der Waals surface area contributed by atoms with Crippen LogP contribution in [-0.2, 0) is 6.54 Å². The highest BCUT2D eigenvalue weighted by atomic mass is 19.1. The van der Waals surface area contributed by atoms with E-state index in [4.69, 9.17) is 0 Å². The number of fused-ring (bicyclic) bond motifs is 1. The Labute approximate surface area is 73.8 Å². The van der Waals surface area contributed by atoms with Gasteiger partial charge in [-0.15, -0.1) is 0 Å². The van der Waals surface area contributed by atoms with Gasteiger partial charge in [-0.3, -0.25) is 14.6 Å². The molecule has 1 aromatic heterocycles. The van der Waals surface area contributed by atoms with Gasteiger partial charge in [-0.05, 0) is 25.1 Å². The Bertz CT molecular complexity index is 498. The maximum absolute atomic E-state index is 12.8. The van der Waals surface area contributed by atoms with Gasteiger partial charge >= 0.3 is 0 Å². The zero-order valence-electron chi connectivity index (χ0n) is 7.17. The molecule has 0 unspecified atom stereocenters. The third-order valence-corrected chi connectivity index (χ3v) is 2.05. The Morgan fingerprint density at radius 3 is 3.00 bits per heavy atom. The maximum Gasteiger partial charge on any atom is 0.272 e. The summed E-state index contributed by atoms with van der Waals surface area (Å²) in [7, 11) is 0. The highest BCUT2D eigenvalue weighted by molar-refractivity contribution is 5.78. The molecule has 1 aromatic carbocycles. The highest BCUT2D eigenvalue weighted by Crippen LogP contribution is 2.10. The fourth-order valence-corrected chi connectivity index (χ4v) is 1.42. The predicted octanol–water partition coefficient (Wildman–Crippen LogP) is 1.49. The Hall–Kier alpha value is -1.58. The average molecular weight is 180 g/mol. The third kappa shape index (κ3) is 1.14. The monoisotopic (exact) mass is 180 g/mol. The Morgan fingerprint density at radius 2 is 2.31 bits per heavy atom. The summed E-state index contributed by atoms with van der Waals surface area (Å²) < 4.78 is 14.5. The number of H-pyrrole nitrogens is 1. The highest BCUT2D eigenvalue weighted by Gasteiger charge is 2.05. The van der Waals surface area contributed by atoms with E-state index in [-0.39, 0.29) is 11.4 Å². The summed E-state index contributed by atoms with van der Waals surface area (Å²) in [5, 5.41) is 3.03. The van der Waals surface area contributed by atoms with Crippen molar-refractivity contribution in [3.63, 3.8) is 0 Å². The van der Waals surface area contributed by atoms with E-state index in [9.17, 15) is 9.18 Å². The van der Waals surface area contributed by atoms with Crippen molar-refractivity contribution >= 4 is 10.9 Å². The van der Waals surface area contributed by atoms with Gasteiger partial charge in [0.05, 0.1) is 10.9 Å². The van der Waals surface area contributed by atoms with Crippen LogP contribution in [0.1, 0.15) is 6.92 Å². The topological polar surface area (TPSA) is 37.8 Å². The SMILES string of the molecule is CCn1[nH]c(=O)c2cc(F)ccc21. The molecule has 2 rings (SSSR count). The largest absolute Gasteiger partial charge is 0.285 e. The van der Waals surface area contributed by atoms with Crippen LogP contribution in [0.2, 0.25) is 0 Å². The summed E-state index contributed by atoms with van der Waals surface area (Å²) in [6.45, 7) is 2.59. The van der Waals surface area contributed by atoms with Crippen molar-refractivity contribution in [3.8, 4) is 0 Å². The van der Waals surface area contributed by atoms with Crippen molar-refractivity contribution in [2.75, 3.05) is 0 Å². The van der Waals surface area contributed by atoms with Gasteiger partial charge < -0.3 is 0 Å². The summed E-state index contributed by atoms with van der Waals surface area (Å²) >= 11 is 0. The number of aromatic nitrogens is 2. The van der Waals surface area contributed by atoms with Gasteiger partial charge in [0.15, 0.2) is 0 Å². The molecule has 0 aliphatic heterocycles. The van der Waals surface area contributed by atoms with Crippen molar-refractivity contribution < 1.29 is 4.39 Å². The first-order valence-electron chi connectivity index (χ1n) is 4.10. The molecule has 13 heavy (non-hydrogen) atoms. The summed E-state index contributed by atoms with van der Waals surface area (Å²) in [6.07, 6.45) is 0. The number of benzene rings is 1. The van der Waals surface area contributed by atoms with Gasteiger partial charge in [0.2, 0.25) is 0 Å². The fourth-order valence-electron chi connectivity index (χ4n) is 1.42. The smallest absolute Gasteiger partial charge is 0.272 e. The van der Waals surface area contributed by atoms with Crippen molar-refractivity contribution in [2.24, 2.45) is 0 Å². The van der Waals surface area contributed by atoms with Crippen LogP contribution in [-0.4, -0.2) is 9.78 Å². The standard InChI is InChI=1S/C9H9FN2O/c1-2-12-8-4-3-6(10)5-7(8)9(13)11-12/h3-5H,2H2,1H3,(H,11,13). The molecule has 3 nitrogen and oxygen atoms in total. The lowest BCUT2D eigenvalue weighted by atomic mass is 10.2. The average Bonchev–Trinajstić information content (AvgIpc) is 2.43. The first-order chi connectivity index (χ1) is 6.22. The van der Waals surface area contributed by atoms with E-state index in [0.29, 0.717) is 11.9 Å². The minimum absolute atomic E-state index is 0.239. The second-order valence-electron chi connectivity index (χ2n) is 2.85. The van der Waals surface area contributed by atoms with Gasteiger partial charge in [-0.2, -0.15) is 0 Å². The van der Waals surface area contributed by atoms with Crippen LogP contribution in [0.25, 0.3) is 10.9 Å². The molecule has 0 saturated carbocycles. The number of aryl methyl sites for hydroxylation is 1. The molecular formula is C9H9FN2O. The third-order valence-electron chi connectivity index (χ3n) is 2.05. The van der Waals surface area contributed by atoms with Gasteiger partial charge in [0, 0.05) is 6.54 Å². The lowest BCUT2D eigenvalue weighted by molar-refractivity contribution is 0.629. The molecule has 0 fully saturated rings. The van der Waals surface area contributed by atoms with E-state index in [1.807, 2.05) is 6.92 Å².